The number of hydrogen-bond acceptors (Lipinski definition) is 8. The number of ether oxygens (including phenoxy) is 4. The molecule has 0 unspecified atom stereocenters. The SMILES string of the molecule is CCCCCCCCO[C@H]1O[C@@H]2COC(=O)CCCCCCC(=O)O[C@H]2[C@H](O)[C@H]1O. The van der Waals surface area contributed by atoms with E-state index in [-0.39, 0.29) is 19.0 Å². The molecule has 0 amide bonds. The highest BCUT2D eigenvalue weighted by Crippen LogP contribution is 2.26. The number of unbranched alkanes of at least 4 members (excludes halogenated alkanes) is 5. The normalized spacial score (nSPS) is 31.5. The van der Waals surface area contributed by atoms with Crippen molar-refractivity contribution in [3.05, 3.63) is 0 Å². The Kier molecular flexibility index (Phi) is 11.7. The average Bonchev–Trinajstić information content (AvgIpc) is 2.74. The molecule has 0 aromatic carbocycles. The highest BCUT2D eigenvalue weighted by Gasteiger charge is 2.47. The molecule has 0 aromatic heterocycles. The van der Waals surface area contributed by atoms with Crippen molar-refractivity contribution >= 4 is 11.9 Å². The second-order valence-electron chi connectivity index (χ2n) is 8.21. The van der Waals surface area contributed by atoms with Crippen LogP contribution < -0.4 is 0 Å². The highest BCUT2D eigenvalue weighted by molar-refractivity contribution is 5.70. The number of cyclic esters (lactones) is 1. The summed E-state index contributed by atoms with van der Waals surface area (Å²) in [5.74, 6) is -0.815. The molecule has 2 fully saturated rings. The monoisotopic (exact) mass is 430 g/mol. The van der Waals surface area contributed by atoms with Crippen LogP contribution in [-0.2, 0) is 28.5 Å². The summed E-state index contributed by atoms with van der Waals surface area (Å²) in [6, 6.07) is 0. The van der Waals surface area contributed by atoms with Gasteiger partial charge < -0.3 is 29.2 Å². The third kappa shape index (κ3) is 8.49. The molecule has 5 atom stereocenters. The third-order valence-corrected chi connectivity index (χ3v) is 5.61. The number of hydrogen-bond donors (Lipinski definition) is 2. The van der Waals surface area contributed by atoms with E-state index in [2.05, 4.69) is 6.92 Å². The van der Waals surface area contributed by atoms with Crippen molar-refractivity contribution in [1.82, 2.24) is 0 Å². The van der Waals surface area contributed by atoms with Gasteiger partial charge in [0.15, 0.2) is 12.4 Å². The van der Waals surface area contributed by atoms with Crippen LogP contribution in [0.5, 0.6) is 0 Å². The molecule has 0 aromatic rings. The van der Waals surface area contributed by atoms with Gasteiger partial charge in [-0.2, -0.15) is 0 Å². The minimum Gasteiger partial charge on any atom is -0.463 e. The number of fused-ring (bicyclic) bond motifs is 1. The number of rotatable bonds is 8. The van der Waals surface area contributed by atoms with Crippen LogP contribution in [0.25, 0.3) is 0 Å². The second-order valence-corrected chi connectivity index (χ2v) is 8.21. The lowest BCUT2D eigenvalue weighted by Crippen LogP contribution is -2.60. The molecule has 0 radical (unpaired) electrons. The lowest BCUT2D eigenvalue weighted by molar-refractivity contribution is -0.304. The Bertz CT molecular complexity index is 511. The quantitative estimate of drug-likeness (QED) is 0.446. The van der Waals surface area contributed by atoms with Crippen molar-refractivity contribution in [3.8, 4) is 0 Å². The molecule has 174 valence electrons. The molecule has 30 heavy (non-hydrogen) atoms. The maximum Gasteiger partial charge on any atom is 0.306 e. The zero-order valence-corrected chi connectivity index (χ0v) is 18.1. The van der Waals surface area contributed by atoms with E-state index in [1.165, 1.54) is 19.3 Å². The molecule has 2 heterocycles. The van der Waals surface area contributed by atoms with Gasteiger partial charge in [-0.15, -0.1) is 0 Å². The Morgan fingerprint density at radius 1 is 0.900 bits per heavy atom. The van der Waals surface area contributed by atoms with Gasteiger partial charge in [-0.1, -0.05) is 51.9 Å². The lowest BCUT2D eigenvalue weighted by atomic mass is 9.99. The van der Waals surface area contributed by atoms with Gasteiger partial charge in [-0.05, 0) is 19.3 Å². The maximum absolute atomic E-state index is 12.1. The molecular weight excluding hydrogens is 392 g/mol. The Labute approximate surface area is 179 Å². The van der Waals surface area contributed by atoms with Crippen molar-refractivity contribution < 1.29 is 38.7 Å². The lowest BCUT2D eigenvalue weighted by Gasteiger charge is -2.41. The number of carbonyl (C=O) groups excluding carboxylic acids is 2. The first kappa shape index (κ1) is 25.0. The summed E-state index contributed by atoms with van der Waals surface area (Å²) < 4.78 is 22.1. The van der Waals surface area contributed by atoms with Crippen LogP contribution in [0.1, 0.15) is 84.0 Å². The van der Waals surface area contributed by atoms with Gasteiger partial charge in [-0.25, -0.2) is 0 Å². The maximum atomic E-state index is 12.1. The van der Waals surface area contributed by atoms with Gasteiger partial charge in [0.1, 0.15) is 24.9 Å². The summed E-state index contributed by atoms with van der Waals surface area (Å²) in [6.45, 7) is 2.39. The van der Waals surface area contributed by atoms with Crippen molar-refractivity contribution in [2.45, 2.75) is 115 Å². The van der Waals surface area contributed by atoms with Crippen LogP contribution in [0.4, 0.5) is 0 Å². The molecular formula is C22H38O8. The van der Waals surface area contributed by atoms with Crippen LogP contribution in [0.15, 0.2) is 0 Å². The van der Waals surface area contributed by atoms with Gasteiger partial charge in [0.2, 0.25) is 0 Å². The van der Waals surface area contributed by atoms with E-state index in [1.807, 2.05) is 0 Å². The third-order valence-electron chi connectivity index (χ3n) is 5.61. The Morgan fingerprint density at radius 3 is 2.30 bits per heavy atom. The summed E-state index contributed by atoms with van der Waals surface area (Å²) in [6.07, 6.45) is 4.28. The predicted octanol–water partition coefficient (Wildman–Crippen LogP) is 2.62. The first-order valence-corrected chi connectivity index (χ1v) is 11.5. The van der Waals surface area contributed by atoms with Crippen LogP contribution in [0.3, 0.4) is 0 Å². The summed E-state index contributed by atoms with van der Waals surface area (Å²) >= 11 is 0. The Balaban J connectivity index is 1.92. The molecule has 2 rings (SSSR count). The molecule has 2 aliphatic heterocycles. The second kappa shape index (κ2) is 14.0. The van der Waals surface area contributed by atoms with Crippen molar-refractivity contribution in [1.29, 1.82) is 0 Å². The van der Waals surface area contributed by atoms with Crippen molar-refractivity contribution in [2.24, 2.45) is 0 Å². The van der Waals surface area contributed by atoms with Gasteiger partial charge in [-0.3, -0.25) is 9.59 Å². The van der Waals surface area contributed by atoms with E-state index in [0.29, 0.717) is 25.9 Å². The van der Waals surface area contributed by atoms with E-state index in [9.17, 15) is 19.8 Å². The summed E-state index contributed by atoms with van der Waals surface area (Å²) in [5, 5.41) is 21.0. The van der Waals surface area contributed by atoms with Gasteiger partial charge >= 0.3 is 11.9 Å². The zero-order valence-electron chi connectivity index (χ0n) is 18.1. The Hall–Kier alpha value is -1.22. The smallest absolute Gasteiger partial charge is 0.306 e. The van der Waals surface area contributed by atoms with E-state index in [1.54, 1.807) is 0 Å². The summed E-state index contributed by atoms with van der Waals surface area (Å²) in [4.78, 5) is 24.1. The van der Waals surface area contributed by atoms with E-state index < -0.39 is 36.7 Å². The van der Waals surface area contributed by atoms with Crippen molar-refractivity contribution in [3.63, 3.8) is 0 Å². The fourth-order valence-electron chi connectivity index (χ4n) is 3.76. The average molecular weight is 431 g/mol. The fraction of sp³-hybridized carbons (Fsp3) is 0.909. The predicted molar refractivity (Wildman–Crippen MR) is 109 cm³/mol. The molecule has 8 heteroatoms. The highest BCUT2D eigenvalue weighted by atomic mass is 16.7. The number of aliphatic hydroxyl groups excluding tert-OH is 2. The summed E-state index contributed by atoms with van der Waals surface area (Å²) in [7, 11) is 0. The van der Waals surface area contributed by atoms with Gasteiger partial charge in [0, 0.05) is 19.4 Å². The largest absolute Gasteiger partial charge is 0.463 e. The van der Waals surface area contributed by atoms with Crippen LogP contribution >= 0.6 is 0 Å². The van der Waals surface area contributed by atoms with Crippen LogP contribution in [-0.4, -0.2) is 66.1 Å². The van der Waals surface area contributed by atoms with E-state index >= 15 is 0 Å². The summed E-state index contributed by atoms with van der Waals surface area (Å²) in [5.41, 5.74) is 0. The first-order valence-electron chi connectivity index (χ1n) is 11.5. The van der Waals surface area contributed by atoms with E-state index in [0.717, 1.165) is 32.1 Å². The van der Waals surface area contributed by atoms with Gasteiger partial charge in [0.05, 0.1) is 0 Å². The molecule has 0 bridgehead atoms. The molecule has 0 spiro atoms. The van der Waals surface area contributed by atoms with Crippen molar-refractivity contribution in [2.75, 3.05) is 13.2 Å². The van der Waals surface area contributed by atoms with Crippen LogP contribution in [0, 0.1) is 0 Å². The topological polar surface area (TPSA) is 112 Å². The minimum atomic E-state index is -1.38. The minimum absolute atomic E-state index is 0.169. The molecule has 2 N–H and O–H groups in total. The fourth-order valence-corrected chi connectivity index (χ4v) is 3.76. The standard InChI is InChI=1S/C22H38O8/c1-2-3-4-5-8-11-14-27-22-20(26)19(25)21-16(29-22)15-28-17(23)12-9-6-7-10-13-18(24)30-21/h16,19-22,25-26H,2-15H2,1H3/t16-,19-,20-,21-,22+/m1/s1. The molecule has 2 aliphatic rings. The Morgan fingerprint density at radius 2 is 1.57 bits per heavy atom. The molecule has 8 nitrogen and oxygen atoms in total. The van der Waals surface area contributed by atoms with E-state index in [4.69, 9.17) is 18.9 Å². The molecule has 2 saturated heterocycles. The molecule has 0 saturated carbocycles. The first-order chi connectivity index (χ1) is 14.5. The van der Waals surface area contributed by atoms with Crippen LogP contribution in [0.2, 0.25) is 0 Å². The van der Waals surface area contributed by atoms with Gasteiger partial charge in [0.25, 0.3) is 0 Å². The number of esters is 2. The number of aliphatic hydroxyl groups is 2. The molecule has 0 aliphatic carbocycles. The number of carbonyl (C=O) groups is 2. The zero-order chi connectivity index (χ0) is 21.8.